The lowest BCUT2D eigenvalue weighted by Gasteiger charge is -1.60. The first-order chi connectivity index (χ1) is 2.43. The lowest BCUT2D eigenvalue weighted by molar-refractivity contribution is 0.272. The summed E-state index contributed by atoms with van der Waals surface area (Å²) in [5, 5.41) is 8.94. The van der Waals surface area contributed by atoms with Gasteiger partial charge in [-0.1, -0.05) is 0 Å². The van der Waals surface area contributed by atoms with E-state index >= 15 is 0 Å². The summed E-state index contributed by atoms with van der Waals surface area (Å²) < 4.78 is 0. The fourth-order valence-electron chi connectivity index (χ4n) is 0.0866. The molecule has 0 radical (unpaired) electrons. The third-order valence-electron chi connectivity index (χ3n) is 0.370. The maximum absolute atomic E-state index is 7.76. The quantitative estimate of drug-likeness (QED) is 0.289. The van der Waals surface area contributed by atoms with Crippen LogP contribution in [0.1, 0.15) is 0 Å². The molecule has 0 amide bonds. The molecule has 3 heteroatoms. The number of nitrogens with zero attached hydrogens (tertiary/aromatic N) is 2. The van der Waals surface area contributed by atoms with Crippen LogP contribution in [-0.2, 0) is 4.84 Å². The molecule has 26 valence electrons. The summed E-state index contributed by atoms with van der Waals surface area (Å²) in [5.74, 6) is 0. The van der Waals surface area contributed by atoms with Crippen LogP contribution >= 0.6 is 0 Å². The van der Waals surface area contributed by atoms with Crippen molar-refractivity contribution in [3.05, 3.63) is 0 Å². The fraction of sp³-hybridized carbons (Fsp3) is 0.500. The Hall–Kier alpha value is -0.750. The second kappa shape index (κ2) is 0.597. The Labute approximate surface area is 29.3 Å². The fourth-order valence-corrected chi connectivity index (χ4v) is 0.0866. The van der Waals surface area contributed by atoms with Crippen LogP contribution in [0.2, 0.25) is 0 Å². The van der Waals surface area contributed by atoms with Gasteiger partial charge in [-0.3, -0.25) is 0 Å². The van der Waals surface area contributed by atoms with Gasteiger partial charge in [-0.2, -0.15) is 10.3 Å². The van der Waals surface area contributed by atoms with Gasteiger partial charge in [0.25, 0.3) is 0 Å². The van der Waals surface area contributed by atoms with E-state index in [-0.39, 0.29) is 0 Å². The highest BCUT2D eigenvalue weighted by molar-refractivity contribution is 4.66. The molecule has 0 unspecified atom stereocenters. The van der Waals surface area contributed by atoms with Crippen LogP contribution in [0.4, 0.5) is 0 Å². The molecular weight excluding hydrogens is 68.0 g/mol. The van der Waals surface area contributed by atoms with Crippen LogP contribution in [0.25, 0.3) is 0 Å². The molecule has 0 saturated carbocycles. The van der Waals surface area contributed by atoms with E-state index in [0.717, 1.165) is 0 Å². The van der Waals surface area contributed by atoms with Gasteiger partial charge in [0, 0.05) is 0 Å². The van der Waals surface area contributed by atoms with Gasteiger partial charge in [-0.05, 0) is 0 Å². The van der Waals surface area contributed by atoms with Gasteiger partial charge in [0.1, 0.15) is 0 Å². The summed E-state index contributed by atoms with van der Waals surface area (Å²) >= 11 is 0. The monoisotopic (exact) mass is 70.0 g/mol. The first-order valence-corrected chi connectivity index (χ1v) is 1.23. The Kier molecular flexibility index (Phi) is 0.297. The Morgan fingerprint density at radius 1 is 2.00 bits per heavy atom. The molecule has 1 rings (SSSR count). The van der Waals surface area contributed by atoms with Crippen molar-refractivity contribution in [3.63, 3.8) is 0 Å². The van der Waals surface area contributed by atoms with Crippen LogP contribution < -0.4 is 0 Å². The number of hydrogen-bond acceptors (Lipinski definition) is 3. The molecule has 0 atom stereocenters. The molecule has 0 aromatic rings. The van der Waals surface area contributed by atoms with E-state index in [1.54, 1.807) is 6.19 Å². The minimum Gasteiger partial charge on any atom is -0.237 e. The molecule has 0 spiro atoms. The standard InChI is InChI=1S/C2H2N2O/c3-1-4-2-5-4/h2H2. The van der Waals surface area contributed by atoms with Gasteiger partial charge in [0.15, 0.2) is 6.73 Å². The molecule has 5 heavy (non-hydrogen) atoms. The van der Waals surface area contributed by atoms with Crippen LogP contribution in [0.5, 0.6) is 0 Å². The second-order valence-electron chi connectivity index (χ2n) is 0.737. The van der Waals surface area contributed by atoms with Crippen molar-refractivity contribution in [1.82, 2.24) is 5.06 Å². The number of rotatable bonds is 0. The minimum atomic E-state index is 0.483. The van der Waals surface area contributed by atoms with Crippen molar-refractivity contribution in [2.24, 2.45) is 0 Å². The smallest absolute Gasteiger partial charge is 0.208 e. The average molecular weight is 70.1 g/mol. The van der Waals surface area contributed by atoms with Crippen molar-refractivity contribution in [3.8, 4) is 6.19 Å². The van der Waals surface area contributed by atoms with E-state index in [0.29, 0.717) is 6.73 Å². The normalized spacial score (nSPS) is 17.8. The van der Waals surface area contributed by atoms with Crippen LogP contribution in [0.3, 0.4) is 0 Å². The third kappa shape index (κ3) is 0.281. The molecule has 0 aromatic heterocycles. The molecule has 1 aliphatic heterocycles. The van der Waals surface area contributed by atoms with Crippen LogP contribution in [-0.4, -0.2) is 11.8 Å². The second-order valence-corrected chi connectivity index (χ2v) is 0.737. The van der Waals surface area contributed by atoms with Gasteiger partial charge in [0.2, 0.25) is 6.19 Å². The molecular formula is C2H2N2O. The van der Waals surface area contributed by atoms with E-state index in [9.17, 15) is 0 Å². The van der Waals surface area contributed by atoms with E-state index in [2.05, 4.69) is 4.84 Å². The summed E-state index contributed by atoms with van der Waals surface area (Å²) in [6.45, 7) is 0.483. The molecule has 1 aliphatic rings. The summed E-state index contributed by atoms with van der Waals surface area (Å²) in [6.07, 6.45) is 1.75. The van der Waals surface area contributed by atoms with E-state index < -0.39 is 0 Å². The molecule has 1 heterocycles. The van der Waals surface area contributed by atoms with Gasteiger partial charge < -0.3 is 0 Å². The van der Waals surface area contributed by atoms with Crippen LogP contribution in [0, 0.1) is 11.5 Å². The zero-order chi connectivity index (χ0) is 3.70. The molecule has 0 aromatic carbocycles. The van der Waals surface area contributed by atoms with Gasteiger partial charge >= 0.3 is 0 Å². The number of hydroxylamine groups is 2. The molecule has 0 aliphatic carbocycles. The largest absolute Gasteiger partial charge is 0.237 e. The molecule has 0 N–H and O–H groups in total. The molecule has 3 nitrogen and oxygen atoms in total. The lowest BCUT2D eigenvalue weighted by Crippen LogP contribution is -1.74. The zero-order valence-corrected chi connectivity index (χ0v) is 2.51. The first kappa shape index (κ1) is 2.49. The predicted octanol–water partition coefficient (Wildman–Crippen LogP) is -0.328. The first-order valence-electron chi connectivity index (χ1n) is 1.23. The predicted molar refractivity (Wildman–Crippen MR) is 13.4 cm³/mol. The molecule has 1 fully saturated rings. The summed E-state index contributed by atoms with van der Waals surface area (Å²) in [4.78, 5) is 4.33. The summed E-state index contributed by atoms with van der Waals surface area (Å²) in [7, 11) is 0. The van der Waals surface area contributed by atoms with Crippen molar-refractivity contribution in [2.75, 3.05) is 6.73 Å². The maximum Gasteiger partial charge on any atom is 0.208 e. The number of nitriles is 1. The van der Waals surface area contributed by atoms with Gasteiger partial charge in [-0.15, -0.1) is 0 Å². The van der Waals surface area contributed by atoms with Gasteiger partial charge in [0.05, 0.1) is 0 Å². The Morgan fingerprint density at radius 2 is 2.60 bits per heavy atom. The Balaban J connectivity index is 2.30. The van der Waals surface area contributed by atoms with Gasteiger partial charge in [-0.25, -0.2) is 4.84 Å². The molecule has 1 saturated heterocycles. The lowest BCUT2D eigenvalue weighted by atomic mass is 11.2. The zero-order valence-electron chi connectivity index (χ0n) is 2.51. The van der Waals surface area contributed by atoms with Crippen molar-refractivity contribution in [1.29, 1.82) is 5.26 Å². The van der Waals surface area contributed by atoms with E-state index in [1.165, 1.54) is 5.06 Å². The highest BCUT2D eigenvalue weighted by Crippen LogP contribution is 2.00. The third-order valence-corrected chi connectivity index (χ3v) is 0.370. The maximum atomic E-state index is 7.76. The van der Waals surface area contributed by atoms with E-state index in [1.807, 2.05) is 0 Å². The van der Waals surface area contributed by atoms with Crippen molar-refractivity contribution in [2.45, 2.75) is 0 Å². The summed E-state index contributed by atoms with van der Waals surface area (Å²) in [6, 6.07) is 0. The van der Waals surface area contributed by atoms with Crippen LogP contribution in [0.15, 0.2) is 0 Å². The highest BCUT2D eigenvalue weighted by Gasteiger charge is 2.14. The number of hydrogen-bond donors (Lipinski definition) is 0. The highest BCUT2D eigenvalue weighted by atomic mass is 16.8. The van der Waals surface area contributed by atoms with E-state index in [4.69, 9.17) is 5.26 Å². The Bertz CT molecular complexity index is 70.2. The average Bonchev–Trinajstić information content (AvgIpc) is 2.12. The minimum absolute atomic E-state index is 0.483. The van der Waals surface area contributed by atoms with Crippen molar-refractivity contribution >= 4 is 0 Å². The van der Waals surface area contributed by atoms with Crippen molar-refractivity contribution < 1.29 is 4.84 Å². The summed E-state index contributed by atoms with van der Waals surface area (Å²) in [5.41, 5.74) is 0. The molecule has 0 bridgehead atoms. The SMILES string of the molecule is N#CN1CO1. The Morgan fingerprint density at radius 3 is 2.60 bits per heavy atom. The topological polar surface area (TPSA) is 39.3 Å².